The number of benzene rings is 2. The molecular formula is C27H34ClF3N4OS. The second-order valence-corrected chi connectivity index (χ2v) is 10.9. The maximum absolute atomic E-state index is 13.4. The summed E-state index contributed by atoms with van der Waals surface area (Å²) in [5.74, 6) is 0.168. The molecule has 5 nitrogen and oxygen atoms in total. The van der Waals surface area contributed by atoms with Gasteiger partial charge < -0.3 is 15.1 Å². The van der Waals surface area contributed by atoms with E-state index in [0.717, 1.165) is 68.8 Å². The highest BCUT2D eigenvalue weighted by molar-refractivity contribution is 7.98. The molecule has 0 atom stereocenters. The molecule has 2 saturated heterocycles. The van der Waals surface area contributed by atoms with Gasteiger partial charge in [0, 0.05) is 73.0 Å². The third kappa shape index (κ3) is 7.71. The van der Waals surface area contributed by atoms with Crippen LogP contribution in [0, 0.1) is 0 Å². The Hall–Kier alpha value is -2.10. The summed E-state index contributed by atoms with van der Waals surface area (Å²) in [6.07, 6.45) is 0.0814. The van der Waals surface area contributed by atoms with Crippen LogP contribution in [0.1, 0.15) is 31.2 Å². The number of halogens is 4. The largest absolute Gasteiger partial charge is 0.417 e. The highest BCUT2D eigenvalue weighted by Crippen LogP contribution is 2.37. The Labute approximate surface area is 226 Å². The van der Waals surface area contributed by atoms with Crippen LogP contribution >= 0.6 is 23.4 Å². The molecule has 37 heavy (non-hydrogen) atoms. The average Bonchev–Trinajstić information content (AvgIpc) is 2.89. The second-order valence-electron chi connectivity index (χ2n) is 9.62. The molecule has 2 fully saturated rings. The van der Waals surface area contributed by atoms with E-state index >= 15 is 0 Å². The van der Waals surface area contributed by atoms with Gasteiger partial charge in [-0.3, -0.25) is 9.69 Å². The van der Waals surface area contributed by atoms with E-state index in [1.165, 1.54) is 17.8 Å². The molecule has 202 valence electrons. The number of alkyl halides is 3. The molecule has 0 bridgehead atoms. The van der Waals surface area contributed by atoms with Gasteiger partial charge in [0.2, 0.25) is 5.91 Å². The number of nitrogens with one attached hydrogen (secondary N) is 1. The van der Waals surface area contributed by atoms with Crippen molar-refractivity contribution in [2.45, 2.75) is 42.8 Å². The third-order valence-electron chi connectivity index (χ3n) is 7.15. The lowest BCUT2D eigenvalue weighted by atomic mass is 10.0. The van der Waals surface area contributed by atoms with E-state index in [9.17, 15) is 18.0 Å². The topological polar surface area (TPSA) is 38.8 Å². The fourth-order valence-corrected chi connectivity index (χ4v) is 5.75. The van der Waals surface area contributed by atoms with Crippen LogP contribution in [-0.2, 0) is 11.0 Å². The number of thioether (sulfide) groups is 1. The van der Waals surface area contributed by atoms with Crippen molar-refractivity contribution >= 4 is 40.6 Å². The van der Waals surface area contributed by atoms with Gasteiger partial charge in [-0.25, -0.2) is 0 Å². The summed E-state index contributed by atoms with van der Waals surface area (Å²) in [5, 5.41) is 3.99. The molecule has 0 radical (unpaired) electrons. The predicted octanol–water partition coefficient (Wildman–Crippen LogP) is 6.09. The number of hydrogen-bond acceptors (Lipinski definition) is 5. The highest BCUT2D eigenvalue weighted by atomic mass is 35.5. The van der Waals surface area contributed by atoms with E-state index in [0.29, 0.717) is 25.2 Å². The SMILES string of the molecule is CSc1ccc(NC2CCN(C(=O)CCCN3CCN(c4ccc(Cl)cc4)CC3)CC2)cc1C(F)(F)F. The van der Waals surface area contributed by atoms with Gasteiger partial charge in [-0.05, 0) is 74.5 Å². The fourth-order valence-electron chi connectivity index (χ4n) is 5.02. The van der Waals surface area contributed by atoms with E-state index in [4.69, 9.17) is 11.6 Å². The Kier molecular flexibility index (Phi) is 9.53. The van der Waals surface area contributed by atoms with E-state index < -0.39 is 11.7 Å². The second kappa shape index (κ2) is 12.6. The Balaban J connectivity index is 1.15. The van der Waals surface area contributed by atoms with Crippen molar-refractivity contribution in [2.24, 2.45) is 0 Å². The first kappa shape index (κ1) is 27.9. The summed E-state index contributed by atoms with van der Waals surface area (Å²) in [6.45, 7) is 6.03. The van der Waals surface area contributed by atoms with Gasteiger partial charge in [0.1, 0.15) is 0 Å². The van der Waals surface area contributed by atoms with Crippen molar-refractivity contribution in [3.05, 3.63) is 53.1 Å². The van der Waals surface area contributed by atoms with Crippen molar-refractivity contribution < 1.29 is 18.0 Å². The van der Waals surface area contributed by atoms with Gasteiger partial charge in [-0.15, -0.1) is 11.8 Å². The lowest BCUT2D eigenvalue weighted by molar-refractivity contribution is -0.139. The number of likely N-dealkylation sites (tertiary alicyclic amines) is 1. The minimum atomic E-state index is -4.38. The number of carbonyl (C=O) groups is 1. The van der Waals surface area contributed by atoms with E-state index in [-0.39, 0.29) is 16.8 Å². The molecule has 10 heteroatoms. The standard InChI is InChI=1S/C27H34ClF3N4OS/c1-37-25-9-6-22(19-24(25)27(29,30)31)32-21-10-13-35(14-11-21)26(36)3-2-12-33-15-17-34(18-16-33)23-7-4-20(28)5-8-23/h4-9,19,21,32H,2-3,10-18H2,1H3. The first-order chi connectivity index (χ1) is 17.7. The zero-order valence-corrected chi connectivity index (χ0v) is 22.6. The Bertz CT molecular complexity index is 1040. The van der Waals surface area contributed by atoms with Crippen molar-refractivity contribution in [2.75, 3.05) is 62.3 Å². The van der Waals surface area contributed by atoms with Crippen LogP contribution in [0.4, 0.5) is 24.5 Å². The first-order valence-electron chi connectivity index (χ1n) is 12.8. The molecular weight excluding hydrogens is 521 g/mol. The van der Waals surface area contributed by atoms with Crippen molar-refractivity contribution in [1.29, 1.82) is 0 Å². The molecule has 2 aliphatic rings. The van der Waals surface area contributed by atoms with Gasteiger partial charge in [0.15, 0.2) is 0 Å². The predicted molar refractivity (Wildman–Crippen MR) is 146 cm³/mol. The van der Waals surface area contributed by atoms with E-state index in [1.807, 2.05) is 17.0 Å². The lowest BCUT2D eigenvalue weighted by Gasteiger charge is -2.36. The van der Waals surface area contributed by atoms with Crippen LogP contribution in [0.3, 0.4) is 0 Å². The van der Waals surface area contributed by atoms with Crippen molar-refractivity contribution in [3.63, 3.8) is 0 Å². The number of hydrogen-bond donors (Lipinski definition) is 1. The molecule has 0 aliphatic carbocycles. The van der Waals surface area contributed by atoms with E-state index in [1.54, 1.807) is 12.3 Å². The molecule has 4 rings (SSSR count). The quantitative estimate of drug-likeness (QED) is 0.400. The van der Waals surface area contributed by atoms with Gasteiger partial charge >= 0.3 is 6.18 Å². The maximum Gasteiger partial charge on any atom is 0.417 e. The number of amides is 1. The molecule has 2 aromatic rings. The average molecular weight is 555 g/mol. The maximum atomic E-state index is 13.4. The minimum Gasteiger partial charge on any atom is -0.382 e. The molecule has 2 aliphatic heterocycles. The normalized spacial score (nSPS) is 17.8. The zero-order chi connectivity index (χ0) is 26.4. The highest BCUT2D eigenvalue weighted by Gasteiger charge is 2.34. The van der Waals surface area contributed by atoms with Gasteiger partial charge in [0.25, 0.3) is 0 Å². The zero-order valence-electron chi connectivity index (χ0n) is 21.1. The number of nitrogens with zero attached hydrogens (tertiary/aromatic N) is 3. The van der Waals surface area contributed by atoms with Gasteiger partial charge in [-0.1, -0.05) is 11.6 Å². The van der Waals surface area contributed by atoms with E-state index in [2.05, 4.69) is 27.2 Å². The van der Waals surface area contributed by atoms with Crippen LogP contribution in [0.5, 0.6) is 0 Å². The summed E-state index contributed by atoms with van der Waals surface area (Å²) in [4.78, 5) is 19.6. The van der Waals surface area contributed by atoms with Gasteiger partial charge in [0.05, 0.1) is 5.56 Å². The van der Waals surface area contributed by atoms with Crippen LogP contribution in [-0.4, -0.2) is 73.8 Å². The number of piperidine rings is 1. The minimum absolute atomic E-state index is 0.0576. The molecule has 0 spiro atoms. The summed E-state index contributed by atoms with van der Waals surface area (Å²) < 4.78 is 40.1. The van der Waals surface area contributed by atoms with Crippen LogP contribution in [0.25, 0.3) is 0 Å². The Morgan fingerprint density at radius 1 is 1.03 bits per heavy atom. The molecule has 2 heterocycles. The molecule has 1 N–H and O–H groups in total. The molecule has 0 aromatic heterocycles. The Morgan fingerprint density at radius 3 is 2.32 bits per heavy atom. The summed E-state index contributed by atoms with van der Waals surface area (Å²) >= 11 is 7.08. The lowest BCUT2D eigenvalue weighted by Crippen LogP contribution is -2.47. The van der Waals surface area contributed by atoms with Crippen molar-refractivity contribution in [3.8, 4) is 0 Å². The molecule has 0 saturated carbocycles. The monoisotopic (exact) mass is 554 g/mol. The molecule has 1 amide bonds. The van der Waals surface area contributed by atoms with Crippen LogP contribution in [0.15, 0.2) is 47.4 Å². The van der Waals surface area contributed by atoms with Gasteiger partial charge in [-0.2, -0.15) is 13.2 Å². The third-order valence-corrected chi connectivity index (χ3v) is 8.20. The summed E-state index contributed by atoms with van der Waals surface area (Å²) in [7, 11) is 0. The number of carbonyl (C=O) groups excluding carboxylic acids is 1. The van der Waals surface area contributed by atoms with Crippen molar-refractivity contribution in [1.82, 2.24) is 9.80 Å². The molecule has 2 aromatic carbocycles. The number of anilines is 2. The first-order valence-corrected chi connectivity index (χ1v) is 14.4. The number of rotatable bonds is 8. The summed E-state index contributed by atoms with van der Waals surface area (Å²) in [6, 6.07) is 12.4. The summed E-state index contributed by atoms with van der Waals surface area (Å²) in [5.41, 5.74) is 1.06. The smallest absolute Gasteiger partial charge is 0.382 e. The number of piperazine rings is 1. The molecule has 0 unspecified atom stereocenters. The fraction of sp³-hybridized carbons (Fsp3) is 0.519. The van der Waals surface area contributed by atoms with Crippen LogP contribution in [0.2, 0.25) is 5.02 Å². The van der Waals surface area contributed by atoms with Crippen LogP contribution < -0.4 is 10.2 Å². The Morgan fingerprint density at radius 2 is 1.70 bits per heavy atom.